The van der Waals surface area contributed by atoms with Gasteiger partial charge < -0.3 is 10.2 Å². The summed E-state index contributed by atoms with van der Waals surface area (Å²) in [5.74, 6) is 0.775. The first kappa shape index (κ1) is 17.0. The van der Waals surface area contributed by atoms with Crippen molar-refractivity contribution in [1.29, 1.82) is 0 Å². The fourth-order valence-electron chi connectivity index (χ4n) is 2.27. The van der Waals surface area contributed by atoms with Crippen LogP contribution in [0.2, 0.25) is 0 Å². The van der Waals surface area contributed by atoms with E-state index < -0.39 is 0 Å². The summed E-state index contributed by atoms with van der Waals surface area (Å²) in [7, 11) is 0. The number of anilines is 2. The Balaban J connectivity index is 1.73. The van der Waals surface area contributed by atoms with Gasteiger partial charge in [0.25, 0.3) is 0 Å². The Morgan fingerprint density at radius 1 is 1.38 bits per heavy atom. The van der Waals surface area contributed by atoms with Crippen molar-refractivity contribution in [2.75, 3.05) is 17.6 Å². The van der Waals surface area contributed by atoms with Crippen LogP contribution in [0.3, 0.4) is 0 Å². The molecule has 0 bridgehead atoms. The third-order valence-corrected chi connectivity index (χ3v) is 5.28. The molecule has 1 fully saturated rings. The maximum Gasteiger partial charge on any atom is 0.229 e. The smallest absolute Gasteiger partial charge is 0.229 e. The lowest BCUT2D eigenvalue weighted by atomic mass is 10.2. The fraction of sp³-hybridized carbons (Fsp3) is 0.294. The summed E-state index contributed by atoms with van der Waals surface area (Å²) in [6.45, 7) is 4.57. The molecule has 4 nitrogen and oxygen atoms in total. The van der Waals surface area contributed by atoms with E-state index in [0.29, 0.717) is 0 Å². The summed E-state index contributed by atoms with van der Waals surface area (Å²) in [5.41, 5.74) is 1.60. The number of nitrogens with zero attached hydrogens (tertiary/aromatic N) is 2. The monoisotopic (exact) mass is 363 g/mol. The molecule has 0 atom stereocenters. The van der Waals surface area contributed by atoms with Gasteiger partial charge in [-0.15, -0.1) is 23.1 Å². The second-order valence-electron chi connectivity index (χ2n) is 5.69. The van der Waals surface area contributed by atoms with Crippen molar-refractivity contribution in [3.8, 4) is 0 Å². The molecule has 1 aliphatic rings. The highest BCUT2D eigenvalue weighted by atomic mass is 32.2. The number of halogens is 1. The zero-order valence-electron chi connectivity index (χ0n) is 13.5. The molecule has 0 spiro atoms. The highest BCUT2D eigenvalue weighted by Crippen LogP contribution is 2.32. The maximum atomic E-state index is 12.9. The van der Waals surface area contributed by atoms with Gasteiger partial charge in [-0.3, -0.25) is 4.79 Å². The molecule has 2 aromatic rings. The van der Waals surface area contributed by atoms with Crippen LogP contribution in [0, 0.1) is 11.7 Å². The second kappa shape index (κ2) is 7.36. The third-order valence-electron chi connectivity index (χ3n) is 3.48. The Labute approximate surface area is 148 Å². The number of aromatic nitrogens is 1. The van der Waals surface area contributed by atoms with Crippen LogP contribution >= 0.6 is 23.1 Å². The van der Waals surface area contributed by atoms with Crippen molar-refractivity contribution in [1.82, 2.24) is 9.88 Å². The highest BCUT2D eigenvalue weighted by molar-refractivity contribution is 8.03. The number of amides is 1. The molecule has 2 heterocycles. The van der Waals surface area contributed by atoms with E-state index in [4.69, 9.17) is 0 Å². The topological polar surface area (TPSA) is 45.2 Å². The van der Waals surface area contributed by atoms with Crippen molar-refractivity contribution >= 4 is 45.9 Å². The van der Waals surface area contributed by atoms with Crippen LogP contribution in [0.1, 0.15) is 19.5 Å². The molecule has 0 radical (unpaired) electrons. The lowest BCUT2D eigenvalue weighted by Gasteiger charge is -2.18. The quantitative estimate of drug-likeness (QED) is 0.865. The Morgan fingerprint density at radius 3 is 2.83 bits per heavy atom. The Bertz CT molecular complexity index is 755. The Hall–Kier alpha value is -1.86. The van der Waals surface area contributed by atoms with E-state index in [-0.39, 0.29) is 17.6 Å². The van der Waals surface area contributed by atoms with E-state index in [2.05, 4.69) is 10.3 Å². The molecule has 126 valence electrons. The van der Waals surface area contributed by atoms with Crippen molar-refractivity contribution in [3.63, 3.8) is 0 Å². The summed E-state index contributed by atoms with van der Waals surface area (Å²) in [5, 5.41) is 6.78. The van der Waals surface area contributed by atoms with Crippen LogP contribution in [0.15, 0.2) is 34.7 Å². The van der Waals surface area contributed by atoms with Gasteiger partial charge in [-0.25, -0.2) is 9.37 Å². The standard InChI is InChI=1S/C17H18FN3OS2/c1-11(2)16(22)21-7-8-23-15(21)9-14-10-24-17(20-14)19-13-5-3-12(18)4-6-13/h3-6,9-11H,7-8H2,1-2H3,(H,19,20)/b15-9+. The van der Waals surface area contributed by atoms with Crippen molar-refractivity contribution in [2.45, 2.75) is 13.8 Å². The number of carbonyl (C=O) groups excluding carboxylic acids is 1. The molecule has 1 aliphatic heterocycles. The van der Waals surface area contributed by atoms with Gasteiger partial charge in [-0.2, -0.15) is 0 Å². The predicted molar refractivity (Wildman–Crippen MR) is 98.8 cm³/mol. The summed E-state index contributed by atoms with van der Waals surface area (Å²) in [6.07, 6.45) is 1.95. The van der Waals surface area contributed by atoms with Crippen LogP contribution in [0.4, 0.5) is 15.2 Å². The first-order valence-electron chi connectivity index (χ1n) is 7.67. The van der Waals surface area contributed by atoms with E-state index in [1.54, 1.807) is 23.9 Å². The van der Waals surface area contributed by atoms with Gasteiger partial charge in [0.1, 0.15) is 5.82 Å². The van der Waals surface area contributed by atoms with Crippen molar-refractivity contribution in [2.24, 2.45) is 5.92 Å². The van der Waals surface area contributed by atoms with Gasteiger partial charge in [0, 0.05) is 29.3 Å². The second-order valence-corrected chi connectivity index (χ2v) is 7.66. The van der Waals surface area contributed by atoms with Crippen LogP contribution in [-0.2, 0) is 4.79 Å². The molecular weight excluding hydrogens is 345 g/mol. The molecular formula is C17H18FN3OS2. The molecule has 1 saturated heterocycles. The summed E-state index contributed by atoms with van der Waals surface area (Å²) >= 11 is 3.15. The number of thiazole rings is 1. The van der Waals surface area contributed by atoms with Gasteiger partial charge in [0.2, 0.25) is 5.91 Å². The molecule has 1 aromatic heterocycles. The number of benzene rings is 1. The lowest BCUT2D eigenvalue weighted by Crippen LogP contribution is -2.30. The Morgan fingerprint density at radius 2 is 2.12 bits per heavy atom. The van der Waals surface area contributed by atoms with Gasteiger partial charge in [0.15, 0.2) is 5.13 Å². The maximum absolute atomic E-state index is 12.9. The van der Waals surface area contributed by atoms with E-state index in [9.17, 15) is 9.18 Å². The molecule has 0 aliphatic carbocycles. The lowest BCUT2D eigenvalue weighted by molar-refractivity contribution is -0.131. The number of rotatable bonds is 4. The minimum absolute atomic E-state index is 0.0155. The van der Waals surface area contributed by atoms with E-state index in [0.717, 1.165) is 33.8 Å². The van der Waals surface area contributed by atoms with Gasteiger partial charge in [0.05, 0.1) is 10.7 Å². The molecule has 0 saturated carbocycles. The minimum Gasteiger partial charge on any atom is -0.332 e. The van der Waals surface area contributed by atoms with Crippen LogP contribution < -0.4 is 5.32 Å². The predicted octanol–water partition coefficient (Wildman–Crippen LogP) is 4.56. The van der Waals surface area contributed by atoms with Crippen LogP contribution in [-0.4, -0.2) is 28.1 Å². The highest BCUT2D eigenvalue weighted by Gasteiger charge is 2.26. The summed E-state index contributed by atoms with van der Waals surface area (Å²) in [4.78, 5) is 18.6. The van der Waals surface area contributed by atoms with Crippen molar-refractivity contribution in [3.05, 3.63) is 46.2 Å². The molecule has 1 aromatic carbocycles. The van der Waals surface area contributed by atoms with E-state index >= 15 is 0 Å². The number of nitrogens with one attached hydrogen (secondary N) is 1. The Kier molecular flexibility index (Phi) is 5.20. The van der Waals surface area contributed by atoms with Crippen molar-refractivity contribution < 1.29 is 9.18 Å². The van der Waals surface area contributed by atoms with E-state index in [1.165, 1.54) is 23.5 Å². The first-order chi connectivity index (χ1) is 11.5. The molecule has 0 unspecified atom stereocenters. The molecule has 1 N–H and O–H groups in total. The average Bonchev–Trinajstić information content (AvgIpc) is 3.19. The normalized spacial score (nSPS) is 16.2. The fourth-order valence-corrected chi connectivity index (χ4v) is 3.98. The number of carbonyl (C=O) groups is 1. The average molecular weight is 363 g/mol. The summed E-state index contributed by atoms with van der Waals surface area (Å²) in [6, 6.07) is 6.16. The number of thioether (sulfide) groups is 1. The zero-order valence-corrected chi connectivity index (χ0v) is 15.1. The molecule has 1 amide bonds. The van der Waals surface area contributed by atoms with E-state index in [1.807, 2.05) is 30.2 Å². The van der Waals surface area contributed by atoms with Crippen LogP contribution in [0.5, 0.6) is 0 Å². The van der Waals surface area contributed by atoms with Gasteiger partial charge >= 0.3 is 0 Å². The minimum atomic E-state index is -0.265. The van der Waals surface area contributed by atoms with Crippen LogP contribution in [0.25, 0.3) is 6.08 Å². The number of hydrogen-bond acceptors (Lipinski definition) is 5. The third kappa shape index (κ3) is 3.96. The van der Waals surface area contributed by atoms with Gasteiger partial charge in [-0.1, -0.05) is 13.8 Å². The first-order valence-corrected chi connectivity index (χ1v) is 9.53. The SMILES string of the molecule is CC(C)C(=O)N1CCS/C1=C/c1csc(Nc2ccc(F)cc2)n1. The summed E-state index contributed by atoms with van der Waals surface area (Å²) < 4.78 is 12.9. The largest absolute Gasteiger partial charge is 0.332 e. The number of hydrogen-bond donors (Lipinski definition) is 1. The molecule has 24 heavy (non-hydrogen) atoms. The van der Waals surface area contributed by atoms with Gasteiger partial charge in [-0.05, 0) is 30.3 Å². The zero-order chi connectivity index (χ0) is 17.1. The molecule has 7 heteroatoms. The molecule has 3 rings (SSSR count).